The van der Waals surface area contributed by atoms with Crippen LogP contribution >= 0.6 is 0 Å². The van der Waals surface area contributed by atoms with Crippen molar-refractivity contribution in [2.24, 2.45) is 5.73 Å². The average Bonchev–Trinajstić information content (AvgIpc) is 2.39. The lowest BCUT2D eigenvalue weighted by Gasteiger charge is -2.37. The molecule has 2 aliphatic heterocycles. The van der Waals surface area contributed by atoms with Crippen LogP contribution in [0.1, 0.15) is 35.6 Å². The SMILES string of the molecule is COCC(N)c1cc2c3c(c1)CCCN3CCC2. The van der Waals surface area contributed by atoms with Gasteiger partial charge < -0.3 is 15.4 Å². The first-order valence-corrected chi connectivity index (χ1v) is 6.95. The lowest BCUT2D eigenvalue weighted by Crippen LogP contribution is -2.34. The zero-order valence-electron chi connectivity index (χ0n) is 11.1. The van der Waals surface area contributed by atoms with Crippen molar-refractivity contribution in [1.82, 2.24) is 0 Å². The Bertz CT molecular complexity index is 413. The minimum absolute atomic E-state index is 0.00820. The second-order valence-corrected chi connectivity index (χ2v) is 5.44. The number of hydrogen-bond acceptors (Lipinski definition) is 3. The molecular weight excluding hydrogens is 224 g/mol. The number of hydrogen-bond donors (Lipinski definition) is 1. The van der Waals surface area contributed by atoms with E-state index < -0.39 is 0 Å². The summed E-state index contributed by atoms with van der Waals surface area (Å²) in [5.41, 5.74) is 11.9. The van der Waals surface area contributed by atoms with Gasteiger partial charge in [-0.3, -0.25) is 0 Å². The summed E-state index contributed by atoms with van der Waals surface area (Å²) >= 11 is 0. The summed E-state index contributed by atoms with van der Waals surface area (Å²) in [5, 5.41) is 0. The van der Waals surface area contributed by atoms with Gasteiger partial charge in [-0.25, -0.2) is 0 Å². The number of ether oxygens (including phenoxy) is 1. The molecule has 0 saturated heterocycles. The van der Waals surface area contributed by atoms with E-state index in [9.17, 15) is 0 Å². The van der Waals surface area contributed by atoms with Crippen molar-refractivity contribution in [1.29, 1.82) is 0 Å². The van der Waals surface area contributed by atoms with E-state index in [-0.39, 0.29) is 6.04 Å². The van der Waals surface area contributed by atoms with Gasteiger partial charge in [-0.2, -0.15) is 0 Å². The van der Waals surface area contributed by atoms with Crippen molar-refractivity contribution in [2.75, 3.05) is 31.7 Å². The highest BCUT2D eigenvalue weighted by molar-refractivity contribution is 5.64. The fraction of sp³-hybridized carbons (Fsp3) is 0.600. The number of nitrogens with two attached hydrogens (primary N) is 1. The van der Waals surface area contributed by atoms with Crippen molar-refractivity contribution in [3.8, 4) is 0 Å². The molecule has 1 atom stereocenters. The Morgan fingerprint density at radius 3 is 2.39 bits per heavy atom. The molecule has 0 aromatic heterocycles. The number of aryl methyl sites for hydroxylation is 2. The summed E-state index contributed by atoms with van der Waals surface area (Å²) in [6.07, 6.45) is 4.95. The van der Waals surface area contributed by atoms with Gasteiger partial charge in [-0.1, -0.05) is 12.1 Å². The summed E-state index contributed by atoms with van der Waals surface area (Å²) in [6.45, 7) is 3.05. The Kier molecular flexibility index (Phi) is 3.27. The first-order valence-electron chi connectivity index (χ1n) is 6.95. The third kappa shape index (κ3) is 2.02. The van der Waals surface area contributed by atoms with E-state index in [2.05, 4.69) is 17.0 Å². The molecular formula is C15H22N2O. The quantitative estimate of drug-likeness (QED) is 0.887. The van der Waals surface area contributed by atoms with E-state index in [0.29, 0.717) is 6.61 Å². The lowest BCUT2D eigenvalue weighted by molar-refractivity contribution is 0.181. The summed E-state index contributed by atoms with van der Waals surface area (Å²) in [7, 11) is 1.71. The summed E-state index contributed by atoms with van der Waals surface area (Å²) in [6, 6.07) is 4.62. The largest absolute Gasteiger partial charge is 0.383 e. The van der Waals surface area contributed by atoms with Crippen LogP contribution in [0.2, 0.25) is 0 Å². The van der Waals surface area contributed by atoms with Gasteiger partial charge in [0.15, 0.2) is 0 Å². The van der Waals surface area contributed by atoms with Crippen LogP contribution in [-0.4, -0.2) is 26.8 Å². The third-order valence-electron chi connectivity index (χ3n) is 4.13. The number of nitrogens with zero attached hydrogens (tertiary/aromatic N) is 1. The molecule has 98 valence electrons. The molecule has 3 heteroatoms. The topological polar surface area (TPSA) is 38.5 Å². The molecule has 3 nitrogen and oxygen atoms in total. The van der Waals surface area contributed by atoms with Crippen molar-refractivity contribution in [3.05, 3.63) is 28.8 Å². The molecule has 2 N–H and O–H groups in total. The molecule has 18 heavy (non-hydrogen) atoms. The van der Waals surface area contributed by atoms with Crippen LogP contribution in [0.4, 0.5) is 5.69 Å². The van der Waals surface area contributed by atoms with Gasteiger partial charge in [0, 0.05) is 25.9 Å². The van der Waals surface area contributed by atoms with Crippen LogP contribution in [0.3, 0.4) is 0 Å². The van der Waals surface area contributed by atoms with Gasteiger partial charge in [-0.05, 0) is 42.4 Å². The zero-order valence-corrected chi connectivity index (χ0v) is 11.1. The van der Waals surface area contributed by atoms with Crippen LogP contribution in [-0.2, 0) is 17.6 Å². The smallest absolute Gasteiger partial charge is 0.0655 e. The molecule has 0 fully saturated rings. The normalized spacial score (nSPS) is 19.6. The van der Waals surface area contributed by atoms with Crippen molar-refractivity contribution in [3.63, 3.8) is 0 Å². The Balaban J connectivity index is 2.00. The van der Waals surface area contributed by atoms with Crippen LogP contribution in [0, 0.1) is 0 Å². The van der Waals surface area contributed by atoms with Gasteiger partial charge in [0.2, 0.25) is 0 Å². The minimum Gasteiger partial charge on any atom is -0.383 e. The Morgan fingerprint density at radius 2 is 1.83 bits per heavy atom. The van der Waals surface area contributed by atoms with Gasteiger partial charge in [0.05, 0.1) is 12.6 Å². The second-order valence-electron chi connectivity index (χ2n) is 5.44. The fourth-order valence-electron chi connectivity index (χ4n) is 3.32. The molecule has 3 rings (SSSR count). The van der Waals surface area contributed by atoms with Gasteiger partial charge in [0.1, 0.15) is 0 Å². The first-order chi connectivity index (χ1) is 8.79. The van der Waals surface area contributed by atoms with Crippen molar-refractivity contribution in [2.45, 2.75) is 31.7 Å². The van der Waals surface area contributed by atoms with Gasteiger partial charge >= 0.3 is 0 Å². The van der Waals surface area contributed by atoms with Crippen molar-refractivity contribution >= 4 is 5.69 Å². The molecule has 2 aliphatic rings. The standard InChI is InChI=1S/C15H22N2O/c1-18-10-14(16)13-8-11-4-2-6-17-7-3-5-12(9-13)15(11)17/h8-9,14H,2-7,10,16H2,1H3. The first kappa shape index (κ1) is 12.0. The van der Waals surface area contributed by atoms with E-state index >= 15 is 0 Å². The third-order valence-corrected chi connectivity index (χ3v) is 4.13. The average molecular weight is 246 g/mol. The van der Waals surface area contributed by atoms with E-state index in [0.717, 1.165) is 0 Å². The van der Waals surface area contributed by atoms with Gasteiger partial charge in [0.25, 0.3) is 0 Å². The molecule has 0 radical (unpaired) electrons. The van der Waals surface area contributed by atoms with Crippen LogP contribution in [0.25, 0.3) is 0 Å². The zero-order chi connectivity index (χ0) is 12.5. The van der Waals surface area contributed by atoms with E-state index in [1.165, 1.54) is 61.2 Å². The molecule has 0 saturated carbocycles. The van der Waals surface area contributed by atoms with Crippen LogP contribution in [0.15, 0.2) is 12.1 Å². The maximum atomic E-state index is 6.18. The predicted octanol–water partition coefficient (Wildman–Crippen LogP) is 2.03. The number of anilines is 1. The minimum atomic E-state index is 0.00820. The van der Waals surface area contributed by atoms with Crippen LogP contribution < -0.4 is 10.6 Å². The fourth-order valence-corrected chi connectivity index (χ4v) is 3.32. The molecule has 1 aromatic carbocycles. The van der Waals surface area contributed by atoms with E-state index in [1.807, 2.05) is 0 Å². The lowest BCUT2D eigenvalue weighted by atomic mass is 9.88. The highest BCUT2D eigenvalue weighted by Gasteiger charge is 2.24. The molecule has 1 unspecified atom stereocenters. The molecule has 0 spiro atoms. The molecule has 2 heterocycles. The number of benzene rings is 1. The van der Waals surface area contributed by atoms with E-state index in [1.54, 1.807) is 7.11 Å². The van der Waals surface area contributed by atoms with E-state index in [4.69, 9.17) is 10.5 Å². The molecule has 0 bridgehead atoms. The Labute approximate surface area is 109 Å². The summed E-state index contributed by atoms with van der Waals surface area (Å²) < 4.78 is 5.18. The molecule has 0 amide bonds. The van der Waals surface area contributed by atoms with Gasteiger partial charge in [-0.15, -0.1) is 0 Å². The van der Waals surface area contributed by atoms with Crippen LogP contribution in [0.5, 0.6) is 0 Å². The highest BCUT2D eigenvalue weighted by atomic mass is 16.5. The Morgan fingerprint density at radius 1 is 1.22 bits per heavy atom. The summed E-state index contributed by atoms with van der Waals surface area (Å²) in [5.74, 6) is 0. The maximum Gasteiger partial charge on any atom is 0.0655 e. The number of rotatable bonds is 3. The predicted molar refractivity (Wildman–Crippen MR) is 74.1 cm³/mol. The monoisotopic (exact) mass is 246 g/mol. The maximum absolute atomic E-state index is 6.18. The highest BCUT2D eigenvalue weighted by Crippen LogP contribution is 2.36. The summed E-state index contributed by atoms with van der Waals surface area (Å²) in [4.78, 5) is 2.56. The number of methoxy groups -OCH3 is 1. The Hall–Kier alpha value is -1.06. The molecule has 1 aromatic rings. The van der Waals surface area contributed by atoms with Crippen molar-refractivity contribution < 1.29 is 4.74 Å². The molecule has 0 aliphatic carbocycles. The second kappa shape index (κ2) is 4.90.